The smallest absolute Gasteiger partial charge is 0.256 e. The Hall–Kier alpha value is -2.78. The summed E-state index contributed by atoms with van der Waals surface area (Å²) in [6.45, 7) is 2.00. The van der Waals surface area contributed by atoms with Gasteiger partial charge in [0.25, 0.3) is 5.91 Å². The van der Waals surface area contributed by atoms with E-state index in [4.69, 9.17) is 0 Å². The first-order valence-electron chi connectivity index (χ1n) is 9.11. The summed E-state index contributed by atoms with van der Waals surface area (Å²) in [6, 6.07) is 10.4. The minimum absolute atomic E-state index is 0.0384. The molecule has 1 aliphatic heterocycles. The molecule has 1 saturated heterocycles. The number of aromatic nitrogens is 1. The van der Waals surface area contributed by atoms with E-state index in [0.717, 1.165) is 39.1 Å². The van der Waals surface area contributed by atoms with Gasteiger partial charge in [-0.25, -0.2) is 17.2 Å². The van der Waals surface area contributed by atoms with Gasteiger partial charge in [0, 0.05) is 42.8 Å². The zero-order valence-electron chi connectivity index (χ0n) is 15.7. The number of nitrogens with zero attached hydrogens (tertiary/aromatic N) is 2. The van der Waals surface area contributed by atoms with E-state index in [0.29, 0.717) is 5.56 Å². The van der Waals surface area contributed by atoms with Gasteiger partial charge >= 0.3 is 0 Å². The summed E-state index contributed by atoms with van der Waals surface area (Å²) >= 11 is 0. The van der Waals surface area contributed by atoms with E-state index < -0.39 is 26.6 Å². The van der Waals surface area contributed by atoms with Gasteiger partial charge in [0.05, 0.1) is 5.56 Å². The van der Waals surface area contributed by atoms with E-state index in [-0.39, 0.29) is 32.1 Å². The van der Waals surface area contributed by atoms with Crippen molar-refractivity contribution in [1.29, 1.82) is 0 Å². The molecular formula is C20H19F2N3O3S. The molecule has 152 valence electrons. The van der Waals surface area contributed by atoms with Crippen LogP contribution in [0, 0.1) is 18.6 Å². The molecule has 1 N–H and O–H groups in total. The third-order valence-electron chi connectivity index (χ3n) is 5.15. The second-order valence-electron chi connectivity index (χ2n) is 6.92. The fourth-order valence-electron chi connectivity index (χ4n) is 3.70. The SMILES string of the molecule is Cc1[nH]c2ccccc2c1C(=O)N1CCN(S(=O)(=O)c2c(F)cccc2F)CC1. The zero-order valence-corrected chi connectivity index (χ0v) is 16.5. The van der Waals surface area contributed by atoms with Crippen molar-refractivity contribution in [3.05, 3.63) is 65.4 Å². The lowest BCUT2D eigenvalue weighted by molar-refractivity contribution is 0.0699. The largest absolute Gasteiger partial charge is 0.358 e. The first-order valence-corrected chi connectivity index (χ1v) is 10.6. The topological polar surface area (TPSA) is 73.5 Å². The molecule has 1 aromatic heterocycles. The number of halogens is 2. The van der Waals surface area contributed by atoms with Gasteiger partial charge in [0.15, 0.2) is 4.90 Å². The molecule has 6 nitrogen and oxygen atoms in total. The molecule has 0 bridgehead atoms. The molecule has 0 saturated carbocycles. The van der Waals surface area contributed by atoms with E-state index in [1.165, 1.54) is 0 Å². The Kier molecular flexibility index (Phi) is 4.87. The molecule has 0 spiro atoms. The predicted molar refractivity (Wildman–Crippen MR) is 104 cm³/mol. The molecule has 0 aliphatic carbocycles. The summed E-state index contributed by atoms with van der Waals surface area (Å²) in [5, 5.41) is 0.804. The molecule has 2 heterocycles. The molecule has 4 rings (SSSR count). The number of aryl methyl sites for hydroxylation is 1. The number of fused-ring (bicyclic) bond motifs is 1. The first kappa shape index (κ1) is 19.5. The van der Waals surface area contributed by atoms with Gasteiger partial charge in [-0.3, -0.25) is 4.79 Å². The Bertz CT molecular complexity index is 1180. The summed E-state index contributed by atoms with van der Waals surface area (Å²) in [5.41, 5.74) is 2.14. The molecule has 1 fully saturated rings. The van der Waals surface area contributed by atoms with E-state index >= 15 is 0 Å². The van der Waals surface area contributed by atoms with Crippen molar-refractivity contribution < 1.29 is 22.0 Å². The van der Waals surface area contributed by atoms with E-state index in [2.05, 4.69) is 4.98 Å². The Morgan fingerprint density at radius 2 is 1.59 bits per heavy atom. The minimum Gasteiger partial charge on any atom is -0.358 e. The third kappa shape index (κ3) is 3.30. The van der Waals surface area contributed by atoms with Gasteiger partial charge in [-0.1, -0.05) is 24.3 Å². The molecule has 0 radical (unpaired) electrons. The van der Waals surface area contributed by atoms with E-state index in [9.17, 15) is 22.0 Å². The summed E-state index contributed by atoms with van der Waals surface area (Å²) in [5.74, 6) is -2.45. The van der Waals surface area contributed by atoms with Crippen molar-refractivity contribution in [3.63, 3.8) is 0 Å². The van der Waals surface area contributed by atoms with Crippen LogP contribution in [0.15, 0.2) is 47.4 Å². The van der Waals surface area contributed by atoms with Gasteiger partial charge < -0.3 is 9.88 Å². The molecule has 0 unspecified atom stereocenters. The van der Waals surface area contributed by atoms with Crippen molar-refractivity contribution in [3.8, 4) is 0 Å². The van der Waals surface area contributed by atoms with Gasteiger partial charge in [-0.2, -0.15) is 4.31 Å². The lowest BCUT2D eigenvalue weighted by Gasteiger charge is -2.34. The van der Waals surface area contributed by atoms with Crippen molar-refractivity contribution >= 4 is 26.8 Å². The third-order valence-corrected chi connectivity index (χ3v) is 7.10. The monoisotopic (exact) mass is 419 g/mol. The molecule has 1 amide bonds. The van der Waals surface area contributed by atoms with Crippen LogP contribution in [0.3, 0.4) is 0 Å². The Labute approximate surface area is 166 Å². The number of hydrogen-bond donors (Lipinski definition) is 1. The average Bonchev–Trinajstić information content (AvgIpc) is 3.03. The fraction of sp³-hybridized carbons (Fsp3) is 0.250. The molecule has 3 aromatic rings. The van der Waals surface area contributed by atoms with Crippen LogP contribution in [0.2, 0.25) is 0 Å². The minimum atomic E-state index is -4.33. The predicted octanol–water partition coefficient (Wildman–Crippen LogP) is 2.90. The van der Waals surface area contributed by atoms with Crippen LogP contribution in [0.5, 0.6) is 0 Å². The van der Waals surface area contributed by atoms with Crippen molar-refractivity contribution in [1.82, 2.24) is 14.2 Å². The zero-order chi connectivity index (χ0) is 20.8. The molecule has 9 heteroatoms. The Balaban J connectivity index is 1.55. The van der Waals surface area contributed by atoms with Crippen LogP contribution in [0.4, 0.5) is 8.78 Å². The molecule has 1 aliphatic rings. The van der Waals surface area contributed by atoms with Gasteiger partial charge in [-0.15, -0.1) is 0 Å². The summed E-state index contributed by atoms with van der Waals surface area (Å²) < 4.78 is 54.4. The van der Waals surface area contributed by atoms with Crippen LogP contribution in [0.25, 0.3) is 10.9 Å². The lowest BCUT2D eigenvalue weighted by atomic mass is 10.1. The number of para-hydroxylation sites is 1. The number of H-pyrrole nitrogens is 1. The van der Waals surface area contributed by atoms with Crippen LogP contribution in [0.1, 0.15) is 16.1 Å². The van der Waals surface area contributed by atoms with Gasteiger partial charge in [-0.05, 0) is 25.1 Å². The maximum absolute atomic E-state index is 14.0. The second kappa shape index (κ2) is 7.23. The number of carbonyl (C=O) groups excluding carboxylic acids is 1. The molecule has 0 atom stereocenters. The van der Waals surface area contributed by atoms with Crippen molar-refractivity contribution in [2.24, 2.45) is 0 Å². The van der Waals surface area contributed by atoms with Crippen LogP contribution < -0.4 is 0 Å². The first-order chi connectivity index (χ1) is 13.8. The second-order valence-corrected chi connectivity index (χ2v) is 8.79. The maximum atomic E-state index is 14.0. The highest BCUT2D eigenvalue weighted by molar-refractivity contribution is 7.89. The van der Waals surface area contributed by atoms with Crippen LogP contribution in [-0.4, -0.2) is 54.7 Å². The lowest BCUT2D eigenvalue weighted by Crippen LogP contribution is -2.50. The number of nitrogens with one attached hydrogen (secondary N) is 1. The van der Waals surface area contributed by atoms with E-state index in [1.54, 1.807) is 4.90 Å². The fourth-order valence-corrected chi connectivity index (χ4v) is 5.23. The Morgan fingerprint density at radius 1 is 0.966 bits per heavy atom. The summed E-state index contributed by atoms with van der Waals surface area (Å²) in [7, 11) is -4.33. The average molecular weight is 419 g/mol. The highest BCUT2D eigenvalue weighted by atomic mass is 32.2. The maximum Gasteiger partial charge on any atom is 0.256 e. The van der Waals surface area contributed by atoms with Gasteiger partial charge in [0.2, 0.25) is 10.0 Å². The van der Waals surface area contributed by atoms with Crippen LogP contribution >= 0.6 is 0 Å². The molecule has 29 heavy (non-hydrogen) atoms. The van der Waals surface area contributed by atoms with Crippen molar-refractivity contribution in [2.75, 3.05) is 26.2 Å². The number of hydrogen-bond acceptors (Lipinski definition) is 3. The summed E-state index contributed by atoms with van der Waals surface area (Å²) in [4.78, 5) is 16.8. The number of carbonyl (C=O) groups is 1. The standard InChI is InChI=1S/C20H19F2N3O3S/c1-13-18(14-5-2-3-8-17(14)23-13)20(26)24-9-11-25(12-10-24)29(27,28)19-15(21)6-4-7-16(19)22/h2-8,23H,9-12H2,1H3. The Morgan fingerprint density at radius 3 is 2.24 bits per heavy atom. The quantitative estimate of drug-likeness (QED) is 0.710. The number of sulfonamides is 1. The number of aromatic amines is 1. The normalized spacial score (nSPS) is 15.8. The van der Waals surface area contributed by atoms with Gasteiger partial charge in [0.1, 0.15) is 11.6 Å². The summed E-state index contributed by atoms with van der Waals surface area (Å²) in [6.07, 6.45) is 0. The highest BCUT2D eigenvalue weighted by Crippen LogP contribution is 2.26. The molecular weight excluding hydrogens is 400 g/mol. The number of benzene rings is 2. The van der Waals surface area contributed by atoms with Crippen molar-refractivity contribution in [2.45, 2.75) is 11.8 Å². The highest BCUT2D eigenvalue weighted by Gasteiger charge is 2.34. The number of piperazine rings is 1. The molecule has 2 aromatic carbocycles. The number of rotatable bonds is 3. The van der Waals surface area contributed by atoms with E-state index in [1.807, 2.05) is 31.2 Å². The van der Waals surface area contributed by atoms with Crippen LogP contribution in [-0.2, 0) is 10.0 Å². The number of amides is 1.